The van der Waals surface area contributed by atoms with Gasteiger partial charge in [-0.15, -0.1) is 0 Å². The average Bonchev–Trinajstić information content (AvgIpc) is 2.87. The van der Waals surface area contributed by atoms with Crippen molar-refractivity contribution in [2.75, 3.05) is 19.7 Å². The molecule has 2 N–H and O–H groups in total. The molecule has 22 heavy (non-hydrogen) atoms. The number of hydrogen-bond donors (Lipinski definition) is 2. The molecule has 2 heterocycles. The van der Waals surface area contributed by atoms with Crippen LogP contribution in [-0.2, 0) is 10.0 Å². The first-order chi connectivity index (χ1) is 10.5. The van der Waals surface area contributed by atoms with Crippen molar-refractivity contribution in [3.63, 3.8) is 0 Å². The number of nitrogens with zero attached hydrogens (tertiary/aromatic N) is 1. The van der Waals surface area contributed by atoms with Gasteiger partial charge in [-0.1, -0.05) is 0 Å². The quantitative estimate of drug-likeness (QED) is 0.869. The van der Waals surface area contributed by atoms with Gasteiger partial charge < -0.3 is 9.52 Å². The predicted molar refractivity (Wildman–Crippen MR) is 80.0 cm³/mol. The van der Waals surface area contributed by atoms with E-state index in [1.807, 2.05) is 0 Å². The molecule has 0 radical (unpaired) electrons. The number of H-pyrrole nitrogens is 1. The maximum Gasteiger partial charge on any atom is 0.417 e. The Kier molecular flexibility index (Phi) is 4.07. The van der Waals surface area contributed by atoms with Gasteiger partial charge in [0.2, 0.25) is 10.0 Å². The number of rotatable bonds is 4. The molecule has 1 aliphatic heterocycles. The van der Waals surface area contributed by atoms with Crippen molar-refractivity contribution >= 4 is 21.1 Å². The number of aromatic amines is 1. The lowest BCUT2D eigenvalue weighted by Crippen LogP contribution is -2.38. The second-order valence-corrected chi connectivity index (χ2v) is 7.47. The third-order valence-electron chi connectivity index (χ3n) is 4.14. The van der Waals surface area contributed by atoms with E-state index in [0.29, 0.717) is 30.1 Å². The van der Waals surface area contributed by atoms with E-state index in [-0.39, 0.29) is 11.5 Å². The topological polar surface area (TPSA) is 104 Å². The minimum atomic E-state index is -3.58. The molecule has 0 atom stereocenters. The highest BCUT2D eigenvalue weighted by atomic mass is 32.2. The highest BCUT2D eigenvalue weighted by Crippen LogP contribution is 2.26. The second kappa shape index (κ2) is 5.86. The van der Waals surface area contributed by atoms with Gasteiger partial charge in [0.15, 0.2) is 5.58 Å². The molecular formula is C14H18N2O5S. The van der Waals surface area contributed by atoms with Gasteiger partial charge in [-0.2, -0.15) is 4.31 Å². The number of fused-ring (bicyclic) bond motifs is 1. The van der Waals surface area contributed by atoms with E-state index in [1.54, 1.807) is 0 Å². The third kappa shape index (κ3) is 2.81. The van der Waals surface area contributed by atoms with E-state index in [1.165, 1.54) is 22.5 Å². The van der Waals surface area contributed by atoms with E-state index in [0.717, 1.165) is 19.3 Å². The maximum absolute atomic E-state index is 12.7. The Hall–Kier alpha value is -1.64. The van der Waals surface area contributed by atoms with Gasteiger partial charge in [-0.05, 0) is 43.4 Å². The smallest absolute Gasteiger partial charge is 0.408 e. The number of aliphatic hydroxyl groups is 1. The van der Waals surface area contributed by atoms with Crippen molar-refractivity contribution in [1.82, 2.24) is 9.29 Å². The predicted octanol–water partition coefficient (Wildman–Crippen LogP) is 0.904. The summed E-state index contributed by atoms with van der Waals surface area (Å²) in [5, 5.41) is 8.96. The van der Waals surface area contributed by atoms with Gasteiger partial charge in [0.25, 0.3) is 0 Å². The number of aliphatic hydroxyl groups excluding tert-OH is 1. The highest BCUT2D eigenvalue weighted by Gasteiger charge is 2.29. The van der Waals surface area contributed by atoms with Crippen LogP contribution in [0.4, 0.5) is 0 Å². The first-order valence-corrected chi connectivity index (χ1v) is 8.68. The van der Waals surface area contributed by atoms with Crippen molar-refractivity contribution in [2.24, 2.45) is 5.92 Å². The number of nitrogens with one attached hydrogen (secondary N) is 1. The molecule has 1 saturated heterocycles. The number of piperidine rings is 1. The molecule has 0 bridgehead atoms. The zero-order valence-electron chi connectivity index (χ0n) is 12.0. The van der Waals surface area contributed by atoms with Gasteiger partial charge in [0, 0.05) is 19.7 Å². The second-order valence-electron chi connectivity index (χ2n) is 5.53. The fourth-order valence-corrected chi connectivity index (χ4v) is 4.36. The van der Waals surface area contributed by atoms with Crippen molar-refractivity contribution in [3.05, 3.63) is 28.7 Å². The Morgan fingerprint density at radius 2 is 2.05 bits per heavy atom. The Morgan fingerprint density at radius 1 is 1.32 bits per heavy atom. The van der Waals surface area contributed by atoms with Crippen LogP contribution < -0.4 is 5.76 Å². The van der Waals surface area contributed by atoms with Crippen molar-refractivity contribution in [3.8, 4) is 0 Å². The van der Waals surface area contributed by atoms with Crippen LogP contribution in [0.5, 0.6) is 0 Å². The normalized spacial score (nSPS) is 18.0. The van der Waals surface area contributed by atoms with Crippen LogP contribution in [0.25, 0.3) is 11.1 Å². The summed E-state index contributed by atoms with van der Waals surface area (Å²) in [5.74, 6) is -0.224. The highest BCUT2D eigenvalue weighted by molar-refractivity contribution is 7.89. The van der Waals surface area contributed by atoms with Crippen molar-refractivity contribution in [1.29, 1.82) is 0 Å². The molecule has 1 fully saturated rings. The van der Waals surface area contributed by atoms with Gasteiger partial charge >= 0.3 is 5.76 Å². The van der Waals surface area contributed by atoms with Crippen LogP contribution in [0.2, 0.25) is 0 Å². The van der Waals surface area contributed by atoms with Gasteiger partial charge in [0.05, 0.1) is 10.4 Å². The lowest BCUT2D eigenvalue weighted by molar-refractivity contribution is 0.208. The third-order valence-corrected chi connectivity index (χ3v) is 6.03. The van der Waals surface area contributed by atoms with Crippen molar-refractivity contribution in [2.45, 2.75) is 24.2 Å². The summed E-state index contributed by atoms with van der Waals surface area (Å²) in [6.45, 7) is 1.04. The molecule has 3 rings (SSSR count). The van der Waals surface area contributed by atoms with E-state index in [4.69, 9.17) is 9.52 Å². The molecule has 120 valence electrons. The molecular weight excluding hydrogens is 308 g/mol. The van der Waals surface area contributed by atoms with Crippen LogP contribution >= 0.6 is 0 Å². The summed E-state index contributed by atoms with van der Waals surface area (Å²) < 4.78 is 31.6. The largest absolute Gasteiger partial charge is 0.417 e. The monoisotopic (exact) mass is 326 g/mol. The van der Waals surface area contributed by atoms with Gasteiger partial charge in [-0.25, -0.2) is 13.2 Å². The van der Waals surface area contributed by atoms with Crippen LogP contribution in [0.15, 0.2) is 32.3 Å². The summed E-state index contributed by atoms with van der Waals surface area (Å²) in [4.78, 5) is 13.8. The molecule has 0 spiro atoms. The molecule has 8 heteroatoms. The van der Waals surface area contributed by atoms with E-state index < -0.39 is 15.8 Å². The average molecular weight is 326 g/mol. The summed E-state index contributed by atoms with van der Waals surface area (Å²) in [5.41, 5.74) is 0.715. The summed E-state index contributed by atoms with van der Waals surface area (Å²) in [6, 6.07) is 4.36. The molecule has 2 aromatic rings. The summed E-state index contributed by atoms with van der Waals surface area (Å²) >= 11 is 0. The fraction of sp³-hybridized carbons (Fsp3) is 0.500. The molecule has 1 aliphatic rings. The van der Waals surface area contributed by atoms with E-state index >= 15 is 0 Å². The number of benzene rings is 1. The Morgan fingerprint density at radius 3 is 2.73 bits per heavy atom. The Labute approximate surface area is 127 Å². The van der Waals surface area contributed by atoms with Gasteiger partial charge in [-0.3, -0.25) is 4.98 Å². The number of aromatic nitrogens is 1. The van der Waals surface area contributed by atoms with Crippen molar-refractivity contribution < 1.29 is 17.9 Å². The molecule has 0 unspecified atom stereocenters. The summed E-state index contributed by atoms with van der Waals surface area (Å²) in [6.07, 6.45) is 2.23. The lowest BCUT2D eigenvalue weighted by atomic mass is 9.95. The standard InChI is InChI=1S/C14H18N2O5S/c17-8-5-10-3-6-16(7-4-10)22(19,20)11-1-2-13-12(9-11)15-14(18)21-13/h1-2,9-10,17H,3-8H2,(H,15,18). The van der Waals surface area contributed by atoms with Crippen LogP contribution in [0, 0.1) is 5.92 Å². The lowest BCUT2D eigenvalue weighted by Gasteiger charge is -2.30. The molecule has 0 saturated carbocycles. The van der Waals surface area contributed by atoms with E-state index in [9.17, 15) is 13.2 Å². The minimum Gasteiger partial charge on any atom is -0.408 e. The maximum atomic E-state index is 12.7. The molecule has 1 aromatic carbocycles. The molecule has 0 amide bonds. The van der Waals surface area contributed by atoms with E-state index in [2.05, 4.69) is 4.98 Å². The Bertz CT molecular complexity index is 815. The van der Waals surface area contributed by atoms with Crippen LogP contribution in [-0.4, -0.2) is 42.5 Å². The summed E-state index contributed by atoms with van der Waals surface area (Å²) in [7, 11) is -3.58. The molecule has 1 aromatic heterocycles. The SMILES string of the molecule is O=c1[nH]c2cc(S(=O)(=O)N3CCC(CCO)CC3)ccc2o1. The zero-order chi connectivity index (χ0) is 15.7. The zero-order valence-corrected chi connectivity index (χ0v) is 12.8. The first kappa shape index (κ1) is 15.3. The Balaban J connectivity index is 1.84. The van der Waals surface area contributed by atoms with Crippen LogP contribution in [0.3, 0.4) is 0 Å². The number of sulfonamides is 1. The fourth-order valence-electron chi connectivity index (χ4n) is 2.86. The molecule has 7 nitrogen and oxygen atoms in total. The first-order valence-electron chi connectivity index (χ1n) is 7.24. The minimum absolute atomic E-state index is 0.141. The molecule has 0 aliphatic carbocycles. The number of oxazole rings is 1. The van der Waals surface area contributed by atoms with Gasteiger partial charge in [0.1, 0.15) is 0 Å². The van der Waals surface area contributed by atoms with Crippen LogP contribution in [0.1, 0.15) is 19.3 Å². The number of hydrogen-bond acceptors (Lipinski definition) is 5.